The minimum atomic E-state index is 0.664. The van der Waals surface area contributed by atoms with Crippen LogP contribution in [0.5, 0.6) is 0 Å². The molecule has 0 spiro atoms. The van der Waals surface area contributed by atoms with Gasteiger partial charge >= 0.3 is 0 Å². The summed E-state index contributed by atoms with van der Waals surface area (Å²) in [7, 11) is 2.23. The molecule has 0 radical (unpaired) electrons. The number of nitrogens with one attached hydrogen (secondary N) is 1. The van der Waals surface area contributed by atoms with Crippen molar-refractivity contribution in [1.29, 1.82) is 0 Å². The van der Waals surface area contributed by atoms with Gasteiger partial charge in [0.05, 0.1) is 0 Å². The van der Waals surface area contributed by atoms with Crippen LogP contribution >= 0.6 is 0 Å². The summed E-state index contributed by atoms with van der Waals surface area (Å²) in [6, 6.07) is 2.18. The van der Waals surface area contributed by atoms with Gasteiger partial charge in [-0.3, -0.25) is 4.90 Å². The van der Waals surface area contributed by atoms with E-state index in [1.54, 1.807) is 0 Å². The van der Waals surface area contributed by atoms with Gasteiger partial charge in [-0.15, -0.1) is 0 Å². The summed E-state index contributed by atoms with van der Waals surface area (Å²) in [5.41, 5.74) is 0. The maximum atomic E-state index is 3.54. The summed E-state index contributed by atoms with van der Waals surface area (Å²) < 4.78 is 0. The minimum Gasteiger partial charge on any atom is -0.311 e. The van der Waals surface area contributed by atoms with Crippen molar-refractivity contribution in [3.63, 3.8) is 0 Å². The average Bonchev–Trinajstić information content (AvgIpc) is 2.56. The van der Waals surface area contributed by atoms with E-state index in [1.807, 2.05) is 0 Å². The third-order valence-corrected chi connectivity index (χ3v) is 3.65. The third-order valence-electron chi connectivity index (χ3n) is 3.65. The zero-order chi connectivity index (χ0) is 10.1. The van der Waals surface area contributed by atoms with E-state index in [4.69, 9.17) is 0 Å². The number of likely N-dealkylation sites (tertiary alicyclic amines) is 1. The van der Waals surface area contributed by atoms with Gasteiger partial charge in [-0.2, -0.15) is 0 Å². The quantitative estimate of drug-likeness (QED) is 0.655. The Kier molecular flexibility index (Phi) is 3.10. The monoisotopic (exact) mass is 197 g/mol. The van der Waals surface area contributed by atoms with Crippen LogP contribution in [0, 0.1) is 0 Å². The molecule has 2 aliphatic rings. The van der Waals surface area contributed by atoms with E-state index in [0.29, 0.717) is 12.1 Å². The van der Waals surface area contributed by atoms with Crippen molar-refractivity contribution in [1.82, 2.24) is 15.1 Å². The van der Waals surface area contributed by atoms with E-state index < -0.39 is 0 Å². The molecule has 3 heteroatoms. The summed E-state index contributed by atoms with van der Waals surface area (Å²) >= 11 is 0. The molecule has 3 atom stereocenters. The van der Waals surface area contributed by atoms with E-state index >= 15 is 0 Å². The Morgan fingerprint density at radius 1 is 1.21 bits per heavy atom. The molecule has 2 fully saturated rings. The highest BCUT2D eigenvalue weighted by Gasteiger charge is 2.31. The van der Waals surface area contributed by atoms with Crippen LogP contribution in [0.25, 0.3) is 0 Å². The third kappa shape index (κ3) is 2.10. The van der Waals surface area contributed by atoms with Gasteiger partial charge in [0.1, 0.15) is 0 Å². The zero-order valence-electron chi connectivity index (χ0n) is 9.66. The minimum absolute atomic E-state index is 0.664. The van der Waals surface area contributed by atoms with Crippen molar-refractivity contribution in [2.75, 3.05) is 33.2 Å². The second kappa shape index (κ2) is 4.17. The first kappa shape index (κ1) is 10.4. The van der Waals surface area contributed by atoms with Crippen LogP contribution in [0.4, 0.5) is 0 Å². The highest BCUT2D eigenvalue weighted by Crippen LogP contribution is 2.18. The molecule has 2 heterocycles. The maximum Gasteiger partial charge on any atom is 0.0239 e. The van der Waals surface area contributed by atoms with Crippen molar-refractivity contribution < 1.29 is 0 Å². The lowest BCUT2D eigenvalue weighted by Crippen LogP contribution is -2.58. The van der Waals surface area contributed by atoms with Crippen LogP contribution in [0.3, 0.4) is 0 Å². The number of hydrogen-bond donors (Lipinski definition) is 1. The lowest BCUT2D eigenvalue weighted by atomic mass is 10.1. The second-order valence-electron chi connectivity index (χ2n) is 5.06. The Morgan fingerprint density at radius 2 is 2.00 bits per heavy atom. The predicted molar refractivity (Wildman–Crippen MR) is 59.5 cm³/mol. The van der Waals surface area contributed by atoms with Crippen LogP contribution in [0.2, 0.25) is 0 Å². The van der Waals surface area contributed by atoms with Crippen LogP contribution in [0.15, 0.2) is 0 Å². The summed E-state index contributed by atoms with van der Waals surface area (Å²) in [5, 5.41) is 3.54. The number of likely N-dealkylation sites (N-methyl/N-ethyl adjacent to an activating group) is 1. The highest BCUT2D eigenvalue weighted by molar-refractivity contribution is 4.90. The first-order valence-corrected chi connectivity index (χ1v) is 5.84. The predicted octanol–water partition coefficient (Wildman–Crippen LogP) is 0.373. The Labute approximate surface area is 87.4 Å². The molecular formula is C11H23N3. The number of rotatable bonds is 1. The second-order valence-corrected chi connectivity index (χ2v) is 5.06. The van der Waals surface area contributed by atoms with E-state index in [9.17, 15) is 0 Å². The largest absolute Gasteiger partial charge is 0.311 e. The summed E-state index contributed by atoms with van der Waals surface area (Å²) in [4.78, 5) is 5.15. The fourth-order valence-corrected chi connectivity index (χ4v) is 2.74. The maximum absolute atomic E-state index is 3.54. The Balaban J connectivity index is 1.94. The van der Waals surface area contributed by atoms with Gasteiger partial charge < -0.3 is 10.2 Å². The lowest BCUT2D eigenvalue weighted by molar-refractivity contribution is 0.0989. The fraction of sp³-hybridized carbons (Fsp3) is 1.00. The highest BCUT2D eigenvalue weighted by atomic mass is 15.3. The van der Waals surface area contributed by atoms with Gasteiger partial charge in [-0.05, 0) is 33.9 Å². The van der Waals surface area contributed by atoms with Crippen molar-refractivity contribution in [3.8, 4) is 0 Å². The molecule has 2 aliphatic heterocycles. The van der Waals surface area contributed by atoms with E-state index in [-0.39, 0.29) is 0 Å². The average molecular weight is 197 g/mol. The molecule has 82 valence electrons. The lowest BCUT2D eigenvalue weighted by Gasteiger charge is -2.41. The molecule has 0 amide bonds. The number of piperazine rings is 1. The Morgan fingerprint density at radius 3 is 2.64 bits per heavy atom. The first-order chi connectivity index (χ1) is 6.66. The standard InChI is InChI=1S/C11H23N3/c1-9-7-14(10(2)6-12-9)11-4-5-13(3)8-11/h9-12H,4-8H2,1-3H3. The number of nitrogens with zero attached hydrogens (tertiary/aromatic N) is 2. The normalized spacial score (nSPS) is 41.8. The molecule has 2 rings (SSSR count). The molecular weight excluding hydrogens is 174 g/mol. The Bertz CT molecular complexity index is 195. The van der Waals surface area contributed by atoms with Crippen molar-refractivity contribution in [2.24, 2.45) is 0 Å². The van der Waals surface area contributed by atoms with Crippen molar-refractivity contribution in [3.05, 3.63) is 0 Å². The summed E-state index contributed by atoms with van der Waals surface area (Å²) in [6.45, 7) is 9.54. The molecule has 0 aromatic heterocycles. The summed E-state index contributed by atoms with van der Waals surface area (Å²) in [5.74, 6) is 0. The van der Waals surface area contributed by atoms with Gasteiger partial charge in [0, 0.05) is 37.8 Å². The molecule has 0 aromatic carbocycles. The van der Waals surface area contributed by atoms with Gasteiger partial charge in [0.15, 0.2) is 0 Å². The smallest absolute Gasteiger partial charge is 0.0239 e. The van der Waals surface area contributed by atoms with Crippen LogP contribution in [-0.4, -0.2) is 61.2 Å². The molecule has 3 nitrogen and oxygen atoms in total. The van der Waals surface area contributed by atoms with Crippen molar-refractivity contribution >= 4 is 0 Å². The molecule has 2 saturated heterocycles. The number of hydrogen-bond acceptors (Lipinski definition) is 3. The van der Waals surface area contributed by atoms with Crippen LogP contribution in [0.1, 0.15) is 20.3 Å². The van der Waals surface area contributed by atoms with Crippen LogP contribution in [-0.2, 0) is 0 Å². The molecule has 0 aromatic rings. The van der Waals surface area contributed by atoms with Gasteiger partial charge in [0.2, 0.25) is 0 Å². The van der Waals surface area contributed by atoms with Crippen LogP contribution < -0.4 is 5.32 Å². The first-order valence-electron chi connectivity index (χ1n) is 5.84. The molecule has 3 unspecified atom stereocenters. The molecule has 0 saturated carbocycles. The zero-order valence-corrected chi connectivity index (χ0v) is 9.66. The van der Waals surface area contributed by atoms with Gasteiger partial charge in [-0.1, -0.05) is 0 Å². The SMILES string of the molecule is CC1CN(C2CCN(C)C2)C(C)CN1. The van der Waals surface area contributed by atoms with E-state index in [1.165, 1.54) is 26.1 Å². The fourth-order valence-electron chi connectivity index (χ4n) is 2.74. The van der Waals surface area contributed by atoms with Gasteiger partial charge in [0.25, 0.3) is 0 Å². The molecule has 0 bridgehead atoms. The molecule has 14 heavy (non-hydrogen) atoms. The summed E-state index contributed by atoms with van der Waals surface area (Å²) in [6.07, 6.45) is 1.35. The topological polar surface area (TPSA) is 18.5 Å². The van der Waals surface area contributed by atoms with E-state index in [2.05, 4.69) is 36.0 Å². The molecule has 1 N–H and O–H groups in total. The van der Waals surface area contributed by atoms with E-state index in [0.717, 1.165) is 12.6 Å². The Hall–Kier alpha value is -0.120. The molecule has 0 aliphatic carbocycles. The van der Waals surface area contributed by atoms with Crippen molar-refractivity contribution in [2.45, 2.75) is 38.4 Å². The van der Waals surface area contributed by atoms with Gasteiger partial charge in [-0.25, -0.2) is 0 Å².